The quantitative estimate of drug-likeness (QED) is 0.893. The molecule has 0 bridgehead atoms. The van der Waals surface area contributed by atoms with Gasteiger partial charge in [-0.05, 0) is 36.3 Å². The molecule has 1 atom stereocenters. The van der Waals surface area contributed by atoms with Crippen LogP contribution in [0.4, 0.5) is 0 Å². The molecule has 1 saturated carbocycles. The van der Waals surface area contributed by atoms with Crippen molar-refractivity contribution in [1.82, 2.24) is 9.88 Å². The van der Waals surface area contributed by atoms with Crippen LogP contribution in [0.1, 0.15) is 24.8 Å². The SMILES string of the molecule is OC1(c2cccc3ccncc23)CCN(C2CC2)C1. The van der Waals surface area contributed by atoms with Crippen molar-refractivity contribution in [2.45, 2.75) is 30.9 Å². The van der Waals surface area contributed by atoms with Crippen molar-refractivity contribution in [3.8, 4) is 0 Å². The van der Waals surface area contributed by atoms with Gasteiger partial charge in [0.25, 0.3) is 0 Å². The molecule has 19 heavy (non-hydrogen) atoms. The van der Waals surface area contributed by atoms with E-state index in [2.05, 4.69) is 22.0 Å². The lowest BCUT2D eigenvalue weighted by molar-refractivity contribution is 0.0466. The smallest absolute Gasteiger partial charge is 0.104 e. The molecule has 1 saturated heterocycles. The first-order valence-corrected chi connectivity index (χ1v) is 7.06. The van der Waals surface area contributed by atoms with Gasteiger partial charge in [-0.25, -0.2) is 0 Å². The summed E-state index contributed by atoms with van der Waals surface area (Å²) in [7, 11) is 0. The molecule has 1 unspecified atom stereocenters. The summed E-state index contributed by atoms with van der Waals surface area (Å²) in [6.07, 6.45) is 7.11. The molecule has 2 fully saturated rings. The molecule has 0 spiro atoms. The fourth-order valence-corrected chi connectivity index (χ4v) is 3.31. The van der Waals surface area contributed by atoms with E-state index in [1.807, 2.05) is 18.3 Å². The maximum atomic E-state index is 11.0. The Morgan fingerprint density at radius 2 is 2.16 bits per heavy atom. The van der Waals surface area contributed by atoms with E-state index >= 15 is 0 Å². The molecule has 0 amide bonds. The van der Waals surface area contributed by atoms with Gasteiger partial charge in [-0.2, -0.15) is 0 Å². The highest BCUT2D eigenvalue weighted by atomic mass is 16.3. The van der Waals surface area contributed by atoms with Gasteiger partial charge < -0.3 is 5.11 Å². The lowest BCUT2D eigenvalue weighted by atomic mass is 9.89. The zero-order valence-corrected chi connectivity index (χ0v) is 10.9. The molecule has 3 nitrogen and oxygen atoms in total. The minimum atomic E-state index is -0.703. The second kappa shape index (κ2) is 4.02. The van der Waals surface area contributed by atoms with Crippen LogP contribution in [0.2, 0.25) is 0 Å². The van der Waals surface area contributed by atoms with Gasteiger partial charge in [0, 0.05) is 36.9 Å². The Morgan fingerprint density at radius 3 is 3.00 bits per heavy atom. The summed E-state index contributed by atoms with van der Waals surface area (Å²) in [5, 5.41) is 13.3. The van der Waals surface area contributed by atoms with Crippen molar-refractivity contribution < 1.29 is 5.11 Å². The van der Waals surface area contributed by atoms with E-state index in [1.165, 1.54) is 12.8 Å². The van der Waals surface area contributed by atoms with Crippen molar-refractivity contribution in [2.75, 3.05) is 13.1 Å². The predicted octanol–water partition coefficient (Wildman–Crippen LogP) is 2.29. The first-order valence-electron chi connectivity index (χ1n) is 7.06. The lowest BCUT2D eigenvalue weighted by Crippen LogP contribution is -2.32. The highest BCUT2D eigenvalue weighted by molar-refractivity contribution is 5.85. The molecule has 2 aromatic rings. The number of likely N-dealkylation sites (tertiary alicyclic amines) is 1. The van der Waals surface area contributed by atoms with Crippen LogP contribution in [0, 0.1) is 0 Å². The highest BCUT2D eigenvalue weighted by Crippen LogP contribution is 2.40. The van der Waals surface area contributed by atoms with Crippen LogP contribution < -0.4 is 0 Å². The van der Waals surface area contributed by atoms with Gasteiger partial charge in [0.05, 0.1) is 0 Å². The minimum Gasteiger partial charge on any atom is -0.384 e. The zero-order valence-electron chi connectivity index (χ0n) is 10.9. The largest absolute Gasteiger partial charge is 0.384 e. The maximum absolute atomic E-state index is 11.0. The molecule has 3 heteroatoms. The van der Waals surface area contributed by atoms with Gasteiger partial charge in [0.2, 0.25) is 0 Å². The van der Waals surface area contributed by atoms with E-state index in [1.54, 1.807) is 6.20 Å². The molecule has 2 heterocycles. The van der Waals surface area contributed by atoms with Crippen molar-refractivity contribution in [3.63, 3.8) is 0 Å². The van der Waals surface area contributed by atoms with Crippen LogP contribution in [0.25, 0.3) is 10.8 Å². The molecule has 1 aliphatic heterocycles. The third-order valence-electron chi connectivity index (χ3n) is 4.53. The Kier molecular flexibility index (Phi) is 2.41. The van der Waals surface area contributed by atoms with E-state index in [0.29, 0.717) is 0 Å². The molecule has 1 N–H and O–H groups in total. The van der Waals surface area contributed by atoms with Gasteiger partial charge in [-0.15, -0.1) is 0 Å². The molecule has 0 radical (unpaired) electrons. The summed E-state index contributed by atoms with van der Waals surface area (Å²) < 4.78 is 0. The Morgan fingerprint density at radius 1 is 1.26 bits per heavy atom. The van der Waals surface area contributed by atoms with Crippen LogP contribution in [0.15, 0.2) is 36.7 Å². The number of β-amino-alcohol motifs (C(OH)–C–C–N with tert-alkyl or cyclic N) is 1. The van der Waals surface area contributed by atoms with E-state index in [0.717, 1.165) is 41.9 Å². The third-order valence-corrected chi connectivity index (χ3v) is 4.53. The molecule has 1 aromatic heterocycles. The number of rotatable bonds is 2. The van der Waals surface area contributed by atoms with Crippen molar-refractivity contribution in [2.24, 2.45) is 0 Å². The molecule has 2 aliphatic rings. The van der Waals surface area contributed by atoms with Crippen LogP contribution >= 0.6 is 0 Å². The topological polar surface area (TPSA) is 36.4 Å². The number of benzene rings is 1. The second-order valence-corrected chi connectivity index (χ2v) is 5.89. The number of hydrogen-bond acceptors (Lipinski definition) is 3. The van der Waals surface area contributed by atoms with Crippen molar-refractivity contribution >= 4 is 10.8 Å². The number of fused-ring (bicyclic) bond motifs is 1. The summed E-state index contributed by atoms with van der Waals surface area (Å²) in [4.78, 5) is 6.66. The Balaban J connectivity index is 1.77. The third kappa shape index (κ3) is 1.85. The summed E-state index contributed by atoms with van der Waals surface area (Å²) in [6.45, 7) is 1.78. The molecule has 4 rings (SSSR count). The van der Waals surface area contributed by atoms with E-state index < -0.39 is 5.60 Å². The van der Waals surface area contributed by atoms with Crippen LogP contribution in [0.3, 0.4) is 0 Å². The highest BCUT2D eigenvalue weighted by Gasteiger charge is 2.43. The summed E-state index contributed by atoms with van der Waals surface area (Å²) >= 11 is 0. The van der Waals surface area contributed by atoms with E-state index in [9.17, 15) is 5.11 Å². The monoisotopic (exact) mass is 254 g/mol. The fraction of sp³-hybridized carbons (Fsp3) is 0.438. The fourth-order valence-electron chi connectivity index (χ4n) is 3.31. The first-order chi connectivity index (χ1) is 9.26. The number of nitrogens with zero attached hydrogens (tertiary/aromatic N) is 2. The molecule has 98 valence electrons. The van der Waals surface area contributed by atoms with Gasteiger partial charge in [0.15, 0.2) is 0 Å². The average Bonchev–Trinajstić information content (AvgIpc) is 3.22. The number of aromatic nitrogens is 1. The van der Waals surface area contributed by atoms with Crippen LogP contribution in [-0.4, -0.2) is 34.1 Å². The first kappa shape index (κ1) is 11.4. The van der Waals surface area contributed by atoms with E-state index in [-0.39, 0.29) is 0 Å². The standard InChI is InChI=1S/C16H18N2O/c19-16(7-9-18(11-16)13-4-5-13)15-3-1-2-12-6-8-17-10-14(12)15/h1-3,6,8,10,13,19H,4-5,7,9,11H2. The Hall–Kier alpha value is -1.45. The molecular weight excluding hydrogens is 236 g/mol. The van der Waals surface area contributed by atoms with Gasteiger partial charge in [-0.3, -0.25) is 9.88 Å². The number of aliphatic hydroxyl groups is 1. The summed E-state index contributed by atoms with van der Waals surface area (Å²) in [5.74, 6) is 0. The zero-order chi connectivity index (χ0) is 12.9. The Labute approximate surface area is 112 Å². The predicted molar refractivity (Wildman–Crippen MR) is 74.9 cm³/mol. The Bertz CT molecular complexity index is 618. The second-order valence-electron chi connectivity index (χ2n) is 5.89. The number of hydrogen-bond donors (Lipinski definition) is 1. The van der Waals surface area contributed by atoms with E-state index in [4.69, 9.17) is 0 Å². The van der Waals surface area contributed by atoms with Gasteiger partial charge >= 0.3 is 0 Å². The van der Waals surface area contributed by atoms with Crippen molar-refractivity contribution in [3.05, 3.63) is 42.2 Å². The maximum Gasteiger partial charge on any atom is 0.104 e. The van der Waals surface area contributed by atoms with Crippen molar-refractivity contribution in [1.29, 1.82) is 0 Å². The summed E-state index contributed by atoms with van der Waals surface area (Å²) in [5.41, 5.74) is 0.340. The molecule has 1 aliphatic carbocycles. The van der Waals surface area contributed by atoms with Crippen LogP contribution in [-0.2, 0) is 5.60 Å². The number of pyridine rings is 1. The van der Waals surface area contributed by atoms with Gasteiger partial charge in [-0.1, -0.05) is 18.2 Å². The van der Waals surface area contributed by atoms with Crippen LogP contribution in [0.5, 0.6) is 0 Å². The summed E-state index contributed by atoms with van der Waals surface area (Å²) in [6, 6.07) is 8.91. The van der Waals surface area contributed by atoms with Gasteiger partial charge in [0.1, 0.15) is 5.60 Å². The molecule has 1 aromatic carbocycles. The lowest BCUT2D eigenvalue weighted by Gasteiger charge is -2.25. The molecular formula is C16H18N2O. The minimum absolute atomic E-state index is 0.703. The average molecular weight is 254 g/mol. The normalized spacial score (nSPS) is 28.1.